The zero-order chi connectivity index (χ0) is 8.82. The van der Waals surface area contributed by atoms with Crippen molar-refractivity contribution in [3.05, 3.63) is 0 Å². The Labute approximate surface area is 75.2 Å². The van der Waals surface area contributed by atoms with Gasteiger partial charge < -0.3 is 5.11 Å². The van der Waals surface area contributed by atoms with Crippen LogP contribution in [-0.4, -0.2) is 10.7 Å². The average molecular weight is 168 g/mol. The molecule has 70 valence electrons. The number of rotatable bonds is 1. The summed E-state index contributed by atoms with van der Waals surface area (Å²) < 4.78 is 0. The summed E-state index contributed by atoms with van der Waals surface area (Å²) in [6.45, 7) is 4.56. The lowest BCUT2D eigenvalue weighted by atomic mass is 9.71. The lowest BCUT2D eigenvalue weighted by molar-refractivity contribution is -0.0511. The van der Waals surface area contributed by atoms with Gasteiger partial charge in [-0.15, -0.1) is 0 Å². The molecule has 0 bridgehead atoms. The van der Waals surface area contributed by atoms with Gasteiger partial charge in [-0.05, 0) is 43.4 Å². The summed E-state index contributed by atoms with van der Waals surface area (Å²) in [5.74, 6) is 0.638. The Hall–Kier alpha value is -0.0400. The molecule has 2 saturated carbocycles. The highest BCUT2D eigenvalue weighted by atomic mass is 16.3. The molecule has 12 heavy (non-hydrogen) atoms. The second-order valence-corrected chi connectivity index (χ2v) is 5.57. The maximum absolute atomic E-state index is 10.3. The summed E-state index contributed by atoms with van der Waals surface area (Å²) in [5, 5.41) is 10.3. The van der Waals surface area contributed by atoms with Gasteiger partial charge in [0.15, 0.2) is 0 Å². The second-order valence-electron chi connectivity index (χ2n) is 5.57. The van der Waals surface area contributed by atoms with Gasteiger partial charge in [-0.1, -0.05) is 20.3 Å². The summed E-state index contributed by atoms with van der Waals surface area (Å²) in [5.41, 5.74) is 0.117. The van der Waals surface area contributed by atoms with Crippen LogP contribution in [0.25, 0.3) is 0 Å². The molecule has 0 heterocycles. The van der Waals surface area contributed by atoms with E-state index < -0.39 is 0 Å². The van der Waals surface area contributed by atoms with Crippen LogP contribution in [0.5, 0.6) is 0 Å². The van der Waals surface area contributed by atoms with Gasteiger partial charge in [0.05, 0.1) is 5.60 Å². The van der Waals surface area contributed by atoms with E-state index in [4.69, 9.17) is 0 Å². The summed E-state index contributed by atoms with van der Waals surface area (Å²) in [4.78, 5) is 0. The van der Waals surface area contributed by atoms with Crippen LogP contribution >= 0.6 is 0 Å². The van der Waals surface area contributed by atoms with Gasteiger partial charge in [0.1, 0.15) is 0 Å². The molecule has 0 radical (unpaired) electrons. The van der Waals surface area contributed by atoms with Crippen LogP contribution in [-0.2, 0) is 0 Å². The molecule has 0 saturated heterocycles. The van der Waals surface area contributed by atoms with E-state index in [9.17, 15) is 5.11 Å². The van der Waals surface area contributed by atoms with Crippen LogP contribution in [0.15, 0.2) is 0 Å². The third-order valence-electron chi connectivity index (χ3n) is 3.88. The predicted molar refractivity (Wildman–Crippen MR) is 49.9 cm³/mol. The van der Waals surface area contributed by atoms with Crippen LogP contribution in [0.4, 0.5) is 0 Å². The van der Waals surface area contributed by atoms with Gasteiger partial charge in [-0.3, -0.25) is 0 Å². The average Bonchev–Trinajstić information content (AvgIpc) is 2.01. The monoisotopic (exact) mass is 168 g/mol. The van der Waals surface area contributed by atoms with Crippen LogP contribution in [0.2, 0.25) is 0 Å². The van der Waals surface area contributed by atoms with Crippen LogP contribution in [0.1, 0.15) is 52.4 Å². The van der Waals surface area contributed by atoms with Crippen molar-refractivity contribution in [3.8, 4) is 0 Å². The fourth-order valence-corrected chi connectivity index (χ4v) is 2.85. The predicted octanol–water partition coefficient (Wildman–Crippen LogP) is 2.73. The Balaban J connectivity index is 2.03. The Morgan fingerprint density at radius 1 is 1.17 bits per heavy atom. The molecule has 1 atom stereocenters. The fraction of sp³-hybridized carbons (Fsp3) is 1.00. The minimum atomic E-state index is -0.276. The topological polar surface area (TPSA) is 20.2 Å². The van der Waals surface area contributed by atoms with E-state index in [0.29, 0.717) is 11.3 Å². The molecule has 0 aromatic rings. The molecular formula is C11H20O. The quantitative estimate of drug-likeness (QED) is 0.638. The van der Waals surface area contributed by atoms with Gasteiger partial charge in [0.25, 0.3) is 0 Å². The molecule has 1 N–H and O–H groups in total. The first kappa shape index (κ1) is 8.55. The molecule has 2 rings (SSSR count). The van der Waals surface area contributed by atoms with E-state index >= 15 is 0 Å². The zero-order valence-corrected chi connectivity index (χ0v) is 8.27. The molecule has 1 unspecified atom stereocenters. The molecular weight excluding hydrogens is 148 g/mol. The van der Waals surface area contributed by atoms with Gasteiger partial charge >= 0.3 is 0 Å². The highest BCUT2D eigenvalue weighted by Gasteiger charge is 2.48. The lowest BCUT2D eigenvalue weighted by Gasteiger charge is -2.39. The van der Waals surface area contributed by atoms with Crippen molar-refractivity contribution in [1.82, 2.24) is 0 Å². The van der Waals surface area contributed by atoms with Crippen LogP contribution < -0.4 is 0 Å². The Bertz CT molecular complexity index is 181. The van der Waals surface area contributed by atoms with E-state index in [-0.39, 0.29) is 5.60 Å². The van der Waals surface area contributed by atoms with Gasteiger partial charge in [0, 0.05) is 0 Å². The maximum Gasteiger partial charge on any atom is 0.0681 e. The first-order chi connectivity index (χ1) is 5.52. The van der Waals surface area contributed by atoms with Crippen molar-refractivity contribution in [3.63, 3.8) is 0 Å². The number of hydrogen-bond acceptors (Lipinski definition) is 1. The van der Waals surface area contributed by atoms with E-state index in [1.165, 1.54) is 25.7 Å². The maximum atomic E-state index is 10.3. The van der Waals surface area contributed by atoms with Crippen molar-refractivity contribution in [2.75, 3.05) is 0 Å². The third kappa shape index (κ3) is 1.28. The molecule has 2 fully saturated rings. The van der Waals surface area contributed by atoms with Crippen molar-refractivity contribution in [2.24, 2.45) is 11.3 Å². The number of hydrogen-bond donors (Lipinski definition) is 1. The highest BCUT2D eigenvalue weighted by Crippen LogP contribution is 2.51. The summed E-state index contributed by atoms with van der Waals surface area (Å²) >= 11 is 0. The van der Waals surface area contributed by atoms with Gasteiger partial charge in [-0.2, -0.15) is 0 Å². The van der Waals surface area contributed by atoms with Crippen molar-refractivity contribution >= 4 is 0 Å². The standard InChI is InChI=1S/C11H20O/c1-10(2)6-7-11(12,8-10)9-4-3-5-9/h9,12H,3-8H2,1-2H3. The van der Waals surface area contributed by atoms with E-state index in [2.05, 4.69) is 13.8 Å². The van der Waals surface area contributed by atoms with Gasteiger partial charge in [0.2, 0.25) is 0 Å². The van der Waals surface area contributed by atoms with E-state index in [1.807, 2.05) is 0 Å². The smallest absolute Gasteiger partial charge is 0.0681 e. The first-order valence-corrected chi connectivity index (χ1v) is 5.24. The second kappa shape index (κ2) is 2.47. The SMILES string of the molecule is CC1(C)CCC(O)(C2CCC2)C1. The summed E-state index contributed by atoms with van der Waals surface area (Å²) in [6, 6.07) is 0. The lowest BCUT2D eigenvalue weighted by Crippen LogP contribution is -2.39. The Morgan fingerprint density at radius 3 is 2.17 bits per heavy atom. The normalized spacial score (nSPS) is 41.2. The molecule has 0 amide bonds. The summed E-state index contributed by atoms with van der Waals surface area (Å²) in [6.07, 6.45) is 7.17. The molecule has 2 aliphatic rings. The highest BCUT2D eigenvalue weighted by molar-refractivity contribution is 5.00. The van der Waals surface area contributed by atoms with Gasteiger partial charge in [-0.25, -0.2) is 0 Å². The van der Waals surface area contributed by atoms with Crippen molar-refractivity contribution in [1.29, 1.82) is 0 Å². The molecule has 0 aromatic carbocycles. The van der Waals surface area contributed by atoms with Crippen LogP contribution in [0, 0.1) is 11.3 Å². The zero-order valence-electron chi connectivity index (χ0n) is 8.27. The minimum Gasteiger partial charge on any atom is -0.390 e. The van der Waals surface area contributed by atoms with Crippen LogP contribution in [0.3, 0.4) is 0 Å². The first-order valence-electron chi connectivity index (χ1n) is 5.24. The largest absolute Gasteiger partial charge is 0.390 e. The minimum absolute atomic E-state index is 0.276. The molecule has 1 nitrogen and oxygen atoms in total. The van der Waals surface area contributed by atoms with E-state index in [1.54, 1.807) is 0 Å². The fourth-order valence-electron chi connectivity index (χ4n) is 2.85. The molecule has 1 heteroatoms. The molecule has 0 aromatic heterocycles. The summed E-state index contributed by atoms with van der Waals surface area (Å²) in [7, 11) is 0. The van der Waals surface area contributed by atoms with Crippen molar-refractivity contribution in [2.45, 2.75) is 58.0 Å². The molecule has 0 aliphatic heterocycles. The Morgan fingerprint density at radius 2 is 1.83 bits per heavy atom. The third-order valence-corrected chi connectivity index (χ3v) is 3.88. The molecule has 2 aliphatic carbocycles. The molecule has 0 spiro atoms. The Kier molecular flexibility index (Phi) is 1.76. The number of aliphatic hydroxyl groups is 1. The van der Waals surface area contributed by atoms with E-state index in [0.717, 1.165) is 12.8 Å². The van der Waals surface area contributed by atoms with Crippen molar-refractivity contribution < 1.29 is 5.11 Å².